The van der Waals surface area contributed by atoms with Gasteiger partial charge in [0.1, 0.15) is 6.17 Å². The van der Waals surface area contributed by atoms with Gasteiger partial charge in [0.2, 0.25) is 0 Å². The molecule has 0 saturated carbocycles. The molecule has 1 atom stereocenters. The largest absolute Gasteiger partial charge is 0.303 e. The minimum atomic E-state index is -0.642. The highest BCUT2D eigenvalue weighted by Crippen LogP contribution is 1.99. The summed E-state index contributed by atoms with van der Waals surface area (Å²) in [7, 11) is 1.96. The molecule has 2 heteroatoms. The molecule has 0 N–H and O–H groups in total. The minimum Gasteiger partial charge on any atom is -0.303 e. The average Bonchev–Trinajstić information content (AvgIpc) is 2.08. The van der Waals surface area contributed by atoms with Crippen molar-refractivity contribution in [2.75, 3.05) is 20.1 Å². The Kier molecular flexibility index (Phi) is 13.1. The predicted molar refractivity (Wildman–Crippen MR) is 54.3 cm³/mol. The number of rotatable bonds is 5. The lowest BCUT2D eigenvalue weighted by atomic mass is 10.3. The summed E-state index contributed by atoms with van der Waals surface area (Å²) in [5.74, 6) is 0. The van der Waals surface area contributed by atoms with Gasteiger partial charge in [-0.15, -0.1) is 0 Å². The van der Waals surface area contributed by atoms with Crippen LogP contribution in [-0.2, 0) is 0 Å². The van der Waals surface area contributed by atoms with Crippen molar-refractivity contribution >= 4 is 0 Å². The molecule has 12 heavy (non-hydrogen) atoms. The van der Waals surface area contributed by atoms with E-state index in [9.17, 15) is 4.39 Å². The quantitative estimate of drug-likeness (QED) is 0.623. The van der Waals surface area contributed by atoms with Gasteiger partial charge in [0.05, 0.1) is 0 Å². The van der Waals surface area contributed by atoms with E-state index < -0.39 is 6.17 Å². The van der Waals surface area contributed by atoms with Crippen LogP contribution < -0.4 is 0 Å². The number of halogens is 1. The number of hydrogen-bond donors (Lipinski definition) is 0. The molecule has 0 aliphatic rings. The van der Waals surface area contributed by atoms with Crippen molar-refractivity contribution in [3.05, 3.63) is 0 Å². The molecule has 0 saturated heterocycles. The van der Waals surface area contributed by atoms with Gasteiger partial charge < -0.3 is 4.90 Å². The van der Waals surface area contributed by atoms with Gasteiger partial charge in [0.15, 0.2) is 0 Å². The van der Waals surface area contributed by atoms with Crippen LogP contribution in [-0.4, -0.2) is 31.2 Å². The van der Waals surface area contributed by atoms with Crippen molar-refractivity contribution in [2.45, 2.75) is 46.7 Å². The van der Waals surface area contributed by atoms with E-state index in [1.165, 1.54) is 0 Å². The highest BCUT2D eigenvalue weighted by molar-refractivity contribution is 4.58. The highest BCUT2D eigenvalue weighted by atomic mass is 19.1. The van der Waals surface area contributed by atoms with E-state index in [1.807, 2.05) is 32.7 Å². The molecule has 0 amide bonds. The Morgan fingerprint density at radius 3 is 2.08 bits per heavy atom. The van der Waals surface area contributed by atoms with Crippen molar-refractivity contribution in [1.29, 1.82) is 0 Å². The summed E-state index contributed by atoms with van der Waals surface area (Å²) in [4.78, 5) is 2.04. The van der Waals surface area contributed by atoms with Crippen molar-refractivity contribution in [1.82, 2.24) is 4.90 Å². The van der Waals surface area contributed by atoms with E-state index >= 15 is 0 Å². The second-order valence-electron chi connectivity index (χ2n) is 2.77. The van der Waals surface area contributed by atoms with Gasteiger partial charge in [-0.25, -0.2) is 4.39 Å². The summed E-state index contributed by atoms with van der Waals surface area (Å²) in [5.41, 5.74) is 0. The zero-order chi connectivity index (χ0) is 9.98. The lowest BCUT2D eigenvalue weighted by molar-refractivity contribution is 0.216. The fourth-order valence-electron chi connectivity index (χ4n) is 0.940. The summed E-state index contributed by atoms with van der Waals surface area (Å²) in [6, 6.07) is 0. The van der Waals surface area contributed by atoms with Crippen LogP contribution in [0.15, 0.2) is 0 Å². The summed E-state index contributed by atoms with van der Waals surface area (Å²) < 4.78 is 12.7. The molecule has 0 aliphatic carbocycles. The Morgan fingerprint density at radius 1 is 1.25 bits per heavy atom. The average molecular weight is 177 g/mol. The Bertz CT molecular complexity index is 76.2. The molecule has 1 nitrogen and oxygen atoms in total. The first-order chi connectivity index (χ1) is 5.70. The molecule has 0 aromatic heterocycles. The molecule has 0 rings (SSSR count). The molecular formula is C10H24FN. The summed E-state index contributed by atoms with van der Waals surface area (Å²) in [6.07, 6.45) is 1.10. The van der Waals surface area contributed by atoms with Crippen LogP contribution in [0.5, 0.6) is 0 Å². The van der Waals surface area contributed by atoms with Crippen LogP contribution in [0, 0.1) is 0 Å². The highest BCUT2D eigenvalue weighted by Gasteiger charge is 2.05. The SMILES string of the molecule is CC.CCCN(C)CC(F)CC. The third kappa shape index (κ3) is 9.89. The molecule has 1 unspecified atom stereocenters. The molecule has 76 valence electrons. The third-order valence-corrected chi connectivity index (χ3v) is 1.56. The molecule has 0 bridgehead atoms. The molecule has 0 heterocycles. The van der Waals surface area contributed by atoms with Gasteiger partial charge in [0.25, 0.3) is 0 Å². The smallest absolute Gasteiger partial charge is 0.112 e. The van der Waals surface area contributed by atoms with Gasteiger partial charge in [-0.2, -0.15) is 0 Å². The van der Waals surface area contributed by atoms with Crippen LogP contribution in [0.4, 0.5) is 4.39 Å². The fourth-order valence-corrected chi connectivity index (χ4v) is 0.940. The van der Waals surface area contributed by atoms with Crippen molar-refractivity contribution < 1.29 is 4.39 Å². The topological polar surface area (TPSA) is 3.24 Å². The summed E-state index contributed by atoms with van der Waals surface area (Å²) in [5, 5.41) is 0. The molecule has 0 fully saturated rings. The molecule has 0 aromatic rings. The molecular weight excluding hydrogens is 153 g/mol. The van der Waals surface area contributed by atoms with Gasteiger partial charge in [0, 0.05) is 6.54 Å². The van der Waals surface area contributed by atoms with E-state index in [0.717, 1.165) is 13.0 Å². The predicted octanol–water partition coefficient (Wildman–Crippen LogP) is 3.10. The second-order valence-corrected chi connectivity index (χ2v) is 2.77. The summed E-state index contributed by atoms with van der Waals surface area (Å²) in [6.45, 7) is 9.57. The van der Waals surface area contributed by atoms with E-state index in [1.54, 1.807) is 0 Å². The zero-order valence-corrected chi connectivity index (χ0v) is 9.23. The Hall–Kier alpha value is -0.110. The standard InChI is InChI=1S/C8H18FN.C2H6/c1-4-6-10(3)7-8(9)5-2;1-2/h8H,4-7H2,1-3H3;1-2H3. The lowest BCUT2D eigenvalue weighted by Gasteiger charge is -2.16. The van der Waals surface area contributed by atoms with E-state index in [-0.39, 0.29) is 0 Å². The van der Waals surface area contributed by atoms with Crippen LogP contribution in [0.2, 0.25) is 0 Å². The number of nitrogens with zero attached hydrogens (tertiary/aromatic N) is 1. The van der Waals surface area contributed by atoms with Gasteiger partial charge in [-0.3, -0.25) is 0 Å². The number of hydrogen-bond acceptors (Lipinski definition) is 1. The van der Waals surface area contributed by atoms with Crippen LogP contribution in [0.1, 0.15) is 40.5 Å². The van der Waals surface area contributed by atoms with Gasteiger partial charge >= 0.3 is 0 Å². The van der Waals surface area contributed by atoms with Crippen molar-refractivity contribution in [2.24, 2.45) is 0 Å². The monoisotopic (exact) mass is 177 g/mol. The Labute approximate surface area is 77.0 Å². The molecule has 0 radical (unpaired) electrons. The fraction of sp³-hybridized carbons (Fsp3) is 1.00. The zero-order valence-electron chi connectivity index (χ0n) is 9.23. The third-order valence-electron chi connectivity index (χ3n) is 1.56. The van der Waals surface area contributed by atoms with Crippen LogP contribution >= 0.6 is 0 Å². The van der Waals surface area contributed by atoms with Crippen molar-refractivity contribution in [3.8, 4) is 0 Å². The minimum absolute atomic E-state index is 0.588. The molecule has 0 aliphatic heterocycles. The first kappa shape index (κ1) is 14.4. The van der Waals surface area contributed by atoms with Crippen LogP contribution in [0.3, 0.4) is 0 Å². The first-order valence-corrected chi connectivity index (χ1v) is 5.03. The Morgan fingerprint density at radius 2 is 1.75 bits per heavy atom. The van der Waals surface area contributed by atoms with Gasteiger partial charge in [-0.1, -0.05) is 27.7 Å². The van der Waals surface area contributed by atoms with E-state index in [2.05, 4.69) is 6.92 Å². The number of alkyl halides is 1. The maximum atomic E-state index is 12.7. The van der Waals surface area contributed by atoms with E-state index in [0.29, 0.717) is 13.0 Å². The maximum Gasteiger partial charge on any atom is 0.112 e. The first-order valence-electron chi connectivity index (χ1n) is 5.03. The Balaban J connectivity index is 0. The normalized spacial score (nSPS) is 12.2. The molecule has 0 spiro atoms. The van der Waals surface area contributed by atoms with Crippen molar-refractivity contribution in [3.63, 3.8) is 0 Å². The molecule has 0 aromatic carbocycles. The lowest BCUT2D eigenvalue weighted by Crippen LogP contribution is -2.26. The summed E-state index contributed by atoms with van der Waals surface area (Å²) >= 11 is 0. The van der Waals surface area contributed by atoms with E-state index in [4.69, 9.17) is 0 Å². The second kappa shape index (κ2) is 10.9. The van der Waals surface area contributed by atoms with Gasteiger partial charge in [-0.05, 0) is 26.4 Å². The maximum absolute atomic E-state index is 12.7. The van der Waals surface area contributed by atoms with Crippen LogP contribution in [0.25, 0.3) is 0 Å².